The highest BCUT2D eigenvalue weighted by Crippen LogP contribution is 2.19. The molecule has 3 aromatic carbocycles. The highest BCUT2D eigenvalue weighted by molar-refractivity contribution is 5.90. The van der Waals surface area contributed by atoms with Crippen molar-refractivity contribution >= 4 is 11.7 Å². The summed E-state index contributed by atoms with van der Waals surface area (Å²) in [6.45, 7) is 8.00. The quantitative estimate of drug-likeness (QED) is 0.394. The number of amides is 2. The summed E-state index contributed by atoms with van der Waals surface area (Å²) in [5.41, 5.74) is 5.24. The number of unbranched alkanes of at least 4 members (excludes halogenated alkanes) is 1. The maximum Gasteiger partial charge on any atom is 0.322 e. The fourth-order valence-electron chi connectivity index (χ4n) is 3.40. The molecule has 0 unspecified atom stereocenters. The Morgan fingerprint density at radius 3 is 2.23 bits per heavy atom. The molecule has 0 atom stereocenters. The number of rotatable bonds is 9. The number of anilines is 1. The van der Waals surface area contributed by atoms with Crippen molar-refractivity contribution in [3.8, 4) is 5.75 Å². The van der Waals surface area contributed by atoms with E-state index < -0.39 is 0 Å². The van der Waals surface area contributed by atoms with Crippen molar-refractivity contribution in [1.29, 1.82) is 0 Å². The minimum atomic E-state index is -0.112. The number of ether oxygens (including phenoxy) is 1. The first kappa shape index (κ1) is 22.4. The Balaban J connectivity index is 1.73. The first-order chi connectivity index (χ1) is 15.0. The fraction of sp³-hybridized carbons (Fsp3) is 0.296. The van der Waals surface area contributed by atoms with Crippen LogP contribution in [0.25, 0.3) is 0 Å². The van der Waals surface area contributed by atoms with Gasteiger partial charge in [0, 0.05) is 18.8 Å². The van der Waals surface area contributed by atoms with Gasteiger partial charge in [0.2, 0.25) is 0 Å². The predicted molar refractivity (Wildman–Crippen MR) is 127 cm³/mol. The van der Waals surface area contributed by atoms with Gasteiger partial charge in [-0.3, -0.25) is 0 Å². The van der Waals surface area contributed by atoms with Crippen LogP contribution in [0.2, 0.25) is 0 Å². The Kier molecular flexibility index (Phi) is 8.11. The van der Waals surface area contributed by atoms with Crippen LogP contribution in [-0.4, -0.2) is 17.5 Å². The lowest BCUT2D eigenvalue weighted by Gasteiger charge is -2.24. The Morgan fingerprint density at radius 2 is 1.58 bits per heavy atom. The number of urea groups is 1. The Bertz CT molecular complexity index is 968. The minimum absolute atomic E-state index is 0.112. The van der Waals surface area contributed by atoms with Crippen LogP contribution in [0.15, 0.2) is 72.8 Å². The number of carbonyl (C=O) groups is 1. The molecule has 0 spiro atoms. The molecular formula is C27H32N2O2. The van der Waals surface area contributed by atoms with E-state index in [0.29, 0.717) is 13.1 Å². The van der Waals surface area contributed by atoms with Crippen LogP contribution in [0.5, 0.6) is 5.75 Å². The van der Waals surface area contributed by atoms with Gasteiger partial charge in [0.25, 0.3) is 0 Å². The fourth-order valence-corrected chi connectivity index (χ4v) is 3.40. The van der Waals surface area contributed by atoms with Crippen LogP contribution in [0, 0.1) is 13.8 Å². The molecule has 3 aromatic rings. The highest BCUT2D eigenvalue weighted by Gasteiger charge is 2.16. The third-order valence-electron chi connectivity index (χ3n) is 5.19. The SMILES string of the molecule is CCCCOc1ccc(CN(Cc2ccccc2)C(=O)Nc2ccc(C)cc2C)cc1. The van der Waals surface area contributed by atoms with E-state index in [0.717, 1.165) is 47.6 Å². The standard InChI is InChI=1S/C27H32N2O2/c1-4-5-17-31-25-14-12-24(13-15-25)20-29(19-23-9-7-6-8-10-23)27(30)28-26-16-11-21(2)18-22(26)3/h6-16,18H,4-5,17,19-20H2,1-3H3,(H,28,30). The molecule has 2 amide bonds. The molecule has 0 fully saturated rings. The number of nitrogens with one attached hydrogen (secondary N) is 1. The van der Waals surface area contributed by atoms with Crippen molar-refractivity contribution in [2.45, 2.75) is 46.7 Å². The zero-order valence-corrected chi connectivity index (χ0v) is 18.7. The number of benzene rings is 3. The molecule has 3 rings (SSSR count). The third-order valence-corrected chi connectivity index (χ3v) is 5.19. The minimum Gasteiger partial charge on any atom is -0.494 e. The van der Waals surface area contributed by atoms with Gasteiger partial charge in [-0.15, -0.1) is 0 Å². The van der Waals surface area contributed by atoms with Gasteiger partial charge < -0.3 is 15.0 Å². The molecule has 0 aliphatic carbocycles. The van der Waals surface area contributed by atoms with Gasteiger partial charge in [-0.1, -0.05) is 73.5 Å². The predicted octanol–water partition coefficient (Wildman–Crippen LogP) is 6.72. The van der Waals surface area contributed by atoms with Crippen LogP contribution in [0.3, 0.4) is 0 Å². The van der Waals surface area contributed by atoms with E-state index in [2.05, 4.69) is 25.2 Å². The average Bonchev–Trinajstić information content (AvgIpc) is 2.77. The largest absolute Gasteiger partial charge is 0.494 e. The van der Waals surface area contributed by atoms with Crippen molar-refractivity contribution in [2.75, 3.05) is 11.9 Å². The van der Waals surface area contributed by atoms with Crippen LogP contribution >= 0.6 is 0 Å². The summed E-state index contributed by atoms with van der Waals surface area (Å²) in [6.07, 6.45) is 2.16. The summed E-state index contributed by atoms with van der Waals surface area (Å²) >= 11 is 0. The van der Waals surface area contributed by atoms with E-state index in [1.54, 1.807) is 0 Å². The van der Waals surface area contributed by atoms with Crippen LogP contribution in [-0.2, 0) is 13.1 Å². The van der Waals surface area contributed by atoms with E-state index in [4.69, 9.17) is 4.74 Å². The number of nitrogens with zero attached hydrogens (tertiary/aromatic N) is 1. The zero-order chi connectivity index (χ0) is 22.1. The topological polar surface area (TPSA) is 41.6 Å². The van der Waals surface area contributed by atoms with Gasteiger partial charge in [-0.25, -0.2) is 4.79 Å². The maximum atomic E-state index is 13.2. The summed E-state index contributed by atoms with van der Waals surface area (Å²) in [4.78, 5) is 15.0. The van der Waals surface area contributed by atoms with Crippen LogP contribution in [0.1, 0.15) is 42.0 Å². The van der Waals surface area contributed by atoms with Gasteiger partial charge in [-0.2, -0.15) is 0 Å². The second-order valence-corrected chi connectivity index (χ2v) is 7.94. The molecule has 4 heteroatoms. The molecule has 162 valence electrons. The Morgan fingerprint density at radius 1 is 0.903 bits per heavy atom. The molecule has 0 aliphatic rings. The van der Waals surface area contributed by atoms with Gasteiger partial charge in [0.1, 0.15) is 5.75 Å². The van der Waals surface area contributed by atoms with Gasteiger partial charge in [-0.05, 0) is 55.2 Å². The smallest absolute Gasteiger partial charge is 0.322 e. The van der Waals surface area contributed by atoms with Crippen LogP contribution < -0.4 is 10.1 Å². The highest BCUT2D eigenvalue weighted by atomic mass is 16.5. The number of carbonyl (C=O) groups excluding carboxylic acids is 1. The first-order valence-corrected chi connectivity index (χ1v) is 10.9. The maximum absolute atomic E-state index is 13.2. The lowest BCUT2D eigenvalue weighted by Crippen LogP contribution is -2.34. The zero-order valence-electron chi connectivity index (χ0n) is 18.7. The average molecular weight is 417 g/mol. The molecule has 4 nitrogen and oxygen atoms in total. The molecule has 0 saturated heterocycles. The number of hydrogen-bond acceptors (Lipinski definition) is 2. The van der Waals surface area contributed by atoms with Crippen molar-refractivity contribution in [1.82, 2.24) is 4.90 Å². The van der Waals surface area contributed by atoms with Crippen molar-refractivity contribution in [3.63, 3.8) is 0 Å². The monoisotopic (exact) mass is 416 g/mol. The second-order valence-electron chi connectivity index (χ2n) is 7.94. The molecular weight excluding hydrogens is 384 g/mol. The van der Waals surface area contributed by atoms with E-state index in [1.165, 1.54) is 5.56 Å². The van der Waals surface area contributed by atoms with Gasteiger partial charge in [0.15, 0.2) is 0 Å². The molecule has 0 bridgehead atoms. The molecule has 0 heterocycles. The summed E-state index contributed by atoms with van der Waals surface area (Å²) in [6, 6.07) is 24.0. The lowest BCUT2D eigenvalue weighted by atomic mass is 10.1. The lowest BCUT2D eigenvalue weighted by molar-refractivity contribution is 0.206. The summed E-state index contributed by atoms with van der Waals surface area (Å²) in [5.74, 6) is 0.867. The number of aryl methyl sites for hydroxylation is 2. The number of hydrogen-bond donors (Lipinski definition) is 1. The molecule has 0 saturated carbocycles. The van der Waals surface area contributed by atoms with Gasteiger partial charge >= 0.3 is 6.03 Å². The van der Waals surface area contributed by atoms with E-state index in [1.807, 2.05) is 78.6 Å². The van der Waals surface area contributed by atoms with E-state index >= 15 is 0 Å². The first-order valence-electron chi connectivity index (χ1n) is 10.9. The molecule has 31 heavy (non-hydrogen) atoms. The van der Waals surface area contributed by atoms with Crippen LogP contribution in [0.4, 0.5) is 10.5 Å². The third kappa shape index (κ3) is 6.88. The Labute approximate surface area is 185 Å². The summed E-state index contributed by atoms with van der Waals surface area (Å²) < 4.78 is 5.76. The van der Waals surface area contributed by atoms with Crippen molar-refractivity contribution < 1.29 is 9.53 Å². The second kappa shape index (κ2) is 11.2. The normalized spacial score (nSPS) is 10.5. The van der Waals surface area contributed by atoms with Gasteiger partial charge in [0.05, 0.1) is 6.61 Å². The molecule has 1 N–H and O–H groups in total. The van der Waals surface area contributed by atoms with Crippen molar-refractivity contribution in [2.24, 2.45) is 0 Å². The summed E-state index contributed by atoms with van der Waals surface area (Å²) in [5, 5.41) is 3.09. The molecule has 0 aliphatic heterocycles. The summed E-state index contributed by atoms with van der Waals surface area (Å²) in [7, 11) is 0. The van der Waals surface area contributed by atoms with E-state index in [9.17, 15) is 4.79 Å². The Hall–Kier alpha value is -3.27. The molecule has 0 radical (unpaired) electrons. The van der Waals surface area contributed by atoms with E-state index in [-0.39, 0.29) is 6.03 Å². The van der Waals surface area contributed by atoms with Crippen molar-refractivity contribution in [3.05, 3.63) is 95.1 Å². The molecule has 0 aromatic heterocycles.